The first-order valence-corrected chi connectivity index (χ1v) is 7.15. The van der Waals surface area contributed by atoms with Gasteiger partial charge in [-0.25, -0.2) is 0 Å². The third-order valence-electron chi connectivity index (χ3n) is 4.26. The second-order valence-electron chi connectivity index (χ2n) is 5.63. The van der Waals surface area contributed by atoms with Gasteiger partial charge in [-0.05, 0) is 24.8 Å². The van der Waals surface area contributed by atoms with Gasteiger partial charge in [0, 0.05) is 13.2 Å². The molecule has 0 bridgehead atoms. The first-order valence-electron chi connectivity index (χ1n) is 7.15. The molecular formula is C14H18N4O3. The Morgan fingerprint density at radius 2 is 2.33 bits per heavy atom. The van der Waals surface area contributed by atoms with Gasteiger partial charge in [-0.2, -0.15) is 10.1 Å². The maximum absolute atomic E-state index is 11.4. The number of carboxylic acid groups (broad SMARTS) is 1. The third-order valence-corrected chi connectivity index (χ3v) is 4.26. The Kier molecular flexibility index (Phi) is 3.48. The molecule has 0 aliphatic heterocycles. The number of carboxylic acids is 1. The Hall–Kier alpha value is -2.18. The van der Waals surface area contributed by atoms with Crippen molar-refractivity contribution in [2.24, 2.45) is 18.9 Å². The third kappa shape index (κ3) is 2.55. The van der Waals surface area contributed by atoms with Crippen LogP contribution < -0.4 is 0 Å². The Bertz CT molecular complexity index is 648. The first kappa shape index (κ1) is 13.8. The summed E-state index contributed by atoms with van der Waals surface area (Å²) in [6.45, 7) is 2.08. The lowest BCUT2D eigenvalue weighted by Gasteiger charge is -2.09. The van der Waals surface area contributed by atoms with Crippen LogP contribution in [0.25, 0.3) is 11.5 Å². The van der Waals surface area contributed by atoms with Crippen molar-refractivity contribution in [2.75, 3.05) is 0 Å². The fraction of sp³-hybridized carbons (Fsp3) is 0.571. The average Bonchev–Trinajstić information content (AvgIpc) is 3.15. The van der Waals surface area contributed by atoms with Gasteiger partial charge in [-0.15, -0.1) is 0 Å². The molecule has 0 amide bonds. The molecule has 7 heteroatoms. The number of rotatable bonds is 4. The van der Waals surface area contributed by atoms with E-state index < -0.39 is 11.9 Å². The highest BCUT2D eigenvalue weighted by atomic mass is 16.5. The van der Waals surface area contributed by atoms with E-state index in [1.54, 1.807) is 16.9 Å². The van der Waals surface area contributed by atoms with Gasteiger partial charge in [0.15, 0.2) is 0 Å². The van der Waals surface area contributed by atoms with E-state index in [9.17, 15) is 9.90 Å². The van der Waals surface area contributed by atoms with Crippen LogP contribution in [0.15, 0.2) is 16.8 Å². The van der Waals surface area contributed by atoms with Gasteiger partial charge < -0.3 is 9.63 Å². The minimum Gasteiger partial charge on any atom is -0.481 e. The lowest BCUT2D eigenvalue weighted by Crippen LogP contribution is -2.17. The molecule has 0 saturated heterocycles. The normalized spacial score (nSPS) is 25.3. The largest absolute Gasteiger partial charge is 0.481 e. The predicted molar refractivity (Wildman–Crippen MR) is 73.4 cm³/mol. The van der Waals surface area contributed by atoms with Gasteiger partial charge in [-0.3, -0.25) is 9.48 Å². The van der Waals surface area contributed by atoms with E-state index in [4.69, 9.17) is 4.52 Å². The molecule has 1 saturated carbocycles. The standard InChI is InChI=1S/C14H18N4O3/c1-3-8-6-9(10(7-8)14(19)20)13-15-12(17-21-13)11-4-5-18(2)16-11/h4-5,8-10H,3,6-7H2,1-2H3,(H,19,20). The molecule has 1 fully saturated rings. The fourth-order valence-electron chi connectivity index (χ4n) is 3.05. The molecule has 0 aromatic carbocycles. The maximum Gasteiger partial charge on any atom is 0.307 e. The highest BCUT2D eigenvalue weighted by Gasteiger charge is 2.42. The molecule has 2 aromatic rings. The summed E-state index contributed by atoms with van der Waals surface area (Å²) in [5.74, 6) is -0.187. The monoisotopic (exact) mass is 290 g/mol. The van der Waals surface area contributed by atoms with Gasteiger partial charge in [-0.1, -0.05) is 18.5 Å². The quantitative estimate of drug-likeness (QED) is 0.926. The molecule has 3 unspecified atom stereocenters. The van der Waals surface area contributed by atoms with Gasteiger partial charge >= 0.3 is 5.97 Å². The number of hydrogen-bond donors (Lipinski definition) is 1. The number of aryl methyl sites for hydroxylation is 1. The minimum atomic E-state index is -0.784. The summed E-state index contributed by atoms with van der Waals surface area (Å²) in [5.41, 5.74) is 0.629. The van der Waals surface area contributed by atoms with Crippen molar-refractivity contribution in [1.29, 1.82) is 0 Å². The van der Waals surface area contributed by atoms with Gasteiger partial charge in [0.1, 0.15) is 5.69 Å². The van der Waals surface area contributed by atoms with Crippen LogP contribution in [0.2, 0.25) is 0 Å². The van der Waals surface area contributed by atoms with Crippen LogP contribution in [0.5, 0.6) is 0 Å². The molecule has 2 heterocycles. The summed E-state index contributed by atoms with van der Waals surface area (Å²) in [6, 6.07) is 1.80. The molecule has 1 aliphatic carbocycles. The van der Waals surface area contributed by atoms with E-state index in [0.29, 0.717) is 29.7 Å². The molecule has 3 rings (SSSR count). The van der Waals surface area contributed by atoms with E-state index in [1.807, 2.05) is 7.05 Å². The molecule has 3 atom stereocenters. The number of hydrogen-bond acceptors (Lipinski definition) is 5. The SMILES string of the molecule is CCC1CC(C(=O)O)C(c2nc(-c3ccn(C)n3)no2)C1. The van der Waals surface area contributed by atoms with Crippen LogP contribution in [0, 0.1) is 11.8 Å². The zero-order chi connectivity index (χ0) is 15.0. The highest BCUT2D eigenvalue weighted by Crippen LogP contribution is 2.44. The van der Waals surface area contributed by atoms with Gasteiger partial charge in [0.25, 0.3) is 0 Å². The molecule has 2 aromatic heterocycles. The molecule has 21 heavy (non-hydrogen) atoms. The molecule has 0 radical (unpaired) electrons. The van der Waals surface area contributed by atoms with Crippen molar-refractivity contribution in [2.45, 2.75) is 32.1 Å². The topological polar surface area (TPSA) is 94.0 Å². The lowest BCUT2D eigenvalue weighted by atomic mass is 9.96. The molecule has 7 nitrogen and oxygen atoms in total. The van der Waals surface area contributed by atoms with E-state index in [1.165, 1.54) is 0 Å². The summed E-state index contributed by atoms with van der Waals surface area (Å²) in [5, 5.41) is 17.5. The van der Waals surface area contributed by atoms with Crippen molar-refractivity contribution in [1.82, 2.24) is 19.9 Å². The highest BCUT2D eigenvalue weighted by molar-refractivity contribution is 5.71. The Morgan fingerprint density at radius 1 is 1.52 bits per heavy atom. The maximum atomic E-state index is 11.4. The zero-order valence-electron chi connectivity index (χ0n) is 12.1. The van der Waals surface area contributed by atoms with E-state index in [2.05, 4.69) is 22.2 Å². The first-order chi connectivity index (χ1) is 10.1. The smallest absolute Gasteiger partial charge is 0.307 e. The minimum absolute atomic E-state index is 0.197. The van der Waals surface area contributed by atoms with Gasteiger partial charge in [0.05, 0.1) is 11.8 Å². The van der Waals surface area contributed by atoms with Crippen molar-refractivity contribution in [3.05, 3.63) is 18.2 Å². The number of aliphatic carboxylic acids is 1. The van der Waals surface area contributed by atoms with Crippen LogP contribution in [0.3, 0.4) is 0 Å². The number of nitrogens with zero attached hydrogens (tertiary/aromatic N) is 4. The summed E-state index contributed by atoms with van der Waals surface area (Å²) in [6.07, 6.45) is 4.24. The van der Waals surface area contributed by atoms with Crippen LogP contribution >= 0.6 is 0 Å². The Morgan fingerprint density at radius 3 is 2.95 bits per heavy atom. The van der Waals surface area contributed by atoms with Crippen molar-refractivity contribution >= 4 is 5.97 Å². The second kappa shape index (κ2) is 5.31. The van der Waals surface area contributed by atoms with Crippen molar-refractivity contribution in [3.63, 3.8) is 0 Å². The van der Waals surface area contributed by atoms with E-state index in [0.717, 1.165) is 12.8 Å². The number of carbonyl (C=O) groups is 1. The lowest BCUT2D eigenvalue weighted by molar-refractivity contribution is -0.142. The second-order valence-corrected chi connectivity index (χ2v) is 5.63. The Labute approximate surface area is 122 Å². The zero-order valence-corrected chi connectivity index (χ0v) is 12.1. The molecule has 112 valence electrons. The predicted octanol–water partition coefficient (Wildman–Crippen LogP) is 2.07. The summed E-state index contributed by atoms with van der Waals surface area (Å²) in [7, 11) is 1.81. The van der Waals surface area contributed by atoms with Crippen molar-refractivity contribution in [3.8, 4) is 11.5 Å². The summed E-state index contributed by atoms with van der Waals surface area (Å²) < 4.78 is 6.97. The van der Waals surface area contributed by atoms with Gasteiger partial charge in [0.2, 0.25) is 11.7 Å². The summed E-state index contributed by atoms with van der Waals surface area (Å²) in [4.78, 5) is 15.8. The molecule has 1 N–H and O–H groups in total. The van der Waals surface area contributed by atoms with E-state index >= 15 is 0 Å². The van der Waals surface area contributed by atoms with Crippen LogP contribution in [0.4, 0.5) is 0 Å². The average molecular weight is 290 g/mol. The van der Waals surface area contributed by atoms with Crippen LogP contribution in [-0.4, -0.2) is 31.0 Å². The summed E-state index contributed by atoms with van der Waals surface area (Å²) >= 11 is 0. The van der Waals surface area contributed by atoms with E-state index in [-0.39, 0.29) is 5.92 Å². The van der Waals surface area contributed by atoms with Crippen molar-refractivity contribution < 1.29 is 14.4 Å². The number of aromatic nitrogens is 4. The Balaban J connectivity index is 1.86. The van der Waals surface area contributed by atoms with Crippen LogP contribution in [-0.2, 0) is 11.8 Å². The molecule has 0 spiro atoms. The fourth-order valence-corrected chi connectivity index (χ4v) is 3.05. The molecular weight excluding hydrogens is 272 g/mol. The van der Waals surface area contributed by atoms with Crippen LogP contribution in [0.1, 0.15) is 38.0 Å². The molecule has 1 aliphatic rings.